The standard InChI is InChI=1S/C38H56NO7P/c1-39(2,3)24-28-45-47(41,42)46-30-35(40)29-44-27-12-9-7-5-4-6-8-11-25-43-26-13-10-15-31-18-19-34-21-20-32-16-14-17-33-22-23-36(31)38(34)37(32)33/h14,16-23,35,40H,4-13,15,24-30H2,1-3H3/p+1. The summed E-state index contributed by atoms with van der Waals surface area (Å²) in [4.78, 5) is 9.71. The Morgan fingerprint density at radius 3 is 1.85 bits per heavy atom. The van der Waals surface area contributed by atoms with Crippen LogP contribution in [0.3, 0.4) is 0 Å². The predicted octanol–water partition coefficient (Wildman–Crippen LogP) is 8.26. The van der Waals surface area contributed by atoms with E-state index in [-0.39, 0.29) is 19.8 Å². The number of likely N-dealkylation sites (N-methyl/N-ethyl adjacent to an activating group) is 1. The zero-order valence-electron chi connectivity index (χ0n) is 28.8. The summed E-state index contributed by atoms with van der Waals surface area (Å²) in [6, 6.07) is 20.2. The Morgan fingerprint density at radius 1 is 0.638 bits per heavy atom. The number of ether oxygens (including phenoxy) is 2. The maximum atomic E-state index is 11.9. The molecule has 2 atom stereocenters. The lowest BCUT2D eigenvalue weighted by Gasteiger charge is -2.24. The minimum absolute atomic E-state index is 0.0717. The number of aliphatic hydroxyl groups is 1. The van der Waals surface area contributed by atoms with Crippen molar-refractivity contribution in [2.24, 2.45) is 0 Å². The van der Waals surface area contributed by atoms with E-state index in [1.54, 1.807) is 0 Å². The molecule has 260 valence electrons. The highest BCUT2D eigenvalue weighted by molar-refractivity contribution is 7.47. The van der Waals surface area contributed by atoms with E-state index in [0.29, 0.717) is 17.6 Å². The summed E-state index contributed by atoms with van der Waals surface area (Å²) in [5.74, 6) is 0. The summed E-state index contributed by atoms with van der Waals surface area (Å²) >= 11 is 0. The maximum absolute atomic E-state index is 11.9. The Hall–Kier alpha value is -2.13. The summed E-state index contributed by atoms with van der Waals surface area (Å²) in [6.07, 6.45) is 11.6. The van der Waals surface area contributed by atoms with Gasteiger partial charge in [0.25, 0.3) is 0 Å². The second-order valence-corrected chi connectivity index (χ2v) is 15.3. The van der Waals surface area contributed by atoms with Crippen molar-refractivity contribution in [2.45, 2.75) is 76.7 Å². The van der Waals surface area contributed by atoms with Gasteiger partial charge in [-0.25, -0.2) is 4.57 Å². The highest BCUT2D eigenvalue weighted by atomic mass is 31.2. The lowest BCUT2D eigenvalue weighted by molar-refractivity contribution is -0.870. The van der Waals surface area contributed by atoms with Gasteiger partial charge < -0.3 is 24.0 Å². The molecule has 0 aliphatic heterocycles. The maximum Gasteiger partial charge on any atom is 0.472 e. The number of aryl methyl sites for hydroxylation is 1. The number of benzene rings is 4. The van der Waals surface area contributed by atoms with Crippen LogP contribution < -0.4 is 0 Å². The van der Waals surface area contributed by atoms with Crippen LogP contribution in [-0.2, 0) is 29.5 Å². The van der Waals surface area contributed by atoms with Crippen LogP contribution in [0.25, 0.3) is 32.3 Å². The Labute approximate surface area is 281 Å². The lowest BCUT2D eigenvalue weighted by Crippen LogP contribution is -2.37. The molecule has 0 aliphatic carbocycles. The molecule has 0 saturated carbocycles. The number of phosphoric acid groups is 1. The summed E-state index contributed by atoms with van der Waals surface area (Å²) in [5.41, 5.74) is 1.44. The smallest absolute Gasteiger partial charge is 0.388 e. The number of phosphoric ester groups is 1. The summed E-state index contributed by atoms with van der Waals surface area (Å²) < 4.78 is 33.7. The van der Waals surface area contributed by atoms with Crippen LogP contribution >= 0.6 is 7.82 Å². The molecule has 0 fully saturated rings. The highest BCUT2D eigenvalue weighted by Crippen LogP contribution is 2.43. The summed E-state index contributed by atoms with van der Waals surface area (Å²) in [5, 5.41) is 18.1. The van der Waals surface area contributed by atoms with Gasteiger partial charge in [-0.15, -0.1) is 0 Å². The van der Waals surface area contributed by atoms with Gasteiger partial charge in [0.1, 0.15) is 19.3 Å². The normalized spacial score (nSPS) is 14.4. The fourth-order valence-corrected chi connectivity index (χ4v) is 6.77. The molecule has 9 heteroatoms. The predicted molar refractivity (Wildman–Crippen MR) is 192 cm³/mol. The van der Waals surface area contributed by atoms with Crippen LogP contribution in [0.15, 0.2) is 54.6 Å². The van der Waals surface area contributed by atoms with Gasteiger partial charge in [-0.3, -0.25) is 9.05 Å². The van der Waals surface area contributed by atoms with Crippen LogP contribution in [-0.4, -0.2) is 87.9 Å². The first kappa shape index (κ1) is 37.7. The molecule has 2 unspecified atom stereocenters. The van der Waals surface area contributed by atoms with Crippen molar-refractivity contribution < 1.29 is 37.6 Å². The van der Waals surface area contributed by atoms with Crippen LogP contribution in [0, 0.1) is 0 Å². The number of quaternary nitrogens is 1. The fourth-order valence-electron chi connectivity index (χ4n) is 6.02. The van der Waals surface area contributed by atoms with Gasteiger partial charge in [0.2, 0.25) is 0 Å². The Kier molecular flexibility index (Phi) is 15.4. The summed E-state index contributed by atoms with van der Waals surface area (Å²) in [6.45, 7) is 2.70. The van der Waals surface area contributed by atoms with Crippen molar-refractivity contribution in [2.75, 3.05) is 67.3 Å². The molecule has 0 radical (unpaired) electrons. The first-order chi connectivity index (χ1) is 22.6. The summed E-state index contributed by atoms with van der Waals surface area (Å²) in [7, 11) is 1.72. The van der Waals surface area contributed by atoms with Crippen LogP contribution in [0.5, 0.6) is 0 Å². The van der Waals surface area contributed by atoms with Gasteiger partial charge >= 0.3 is 7.82 Å². The second kappa shape index (κ2) is 19.2. The second-order valence-electron chi connectivity index (χ2n) is 13.8. The largest absolute Gasteiger partial charge is 0.472 e. The van der Waals surface area contributed by atoms with E-state index < -0.39 is 13.9 Å². The third-order valence-electron chi connectivity index (χ3n) is 8.69. The van der Waals surface area contributed by atoms with Crippen molar-refractivity contribution in [1.82, 2.24) is 0 Å². The van der Waals surface area contributed by atoms with Gasteiger partial charge in [0, 0.05) is 19.8 Å². The van der Waals surface area contributed by atoms with Gasteiger partial charge in [0.05, 0.1) is 34.4 Å². The van der Waals surface area contributed by atoms with Gasteiger partial charge in [-0.1, -0.05) is 93.1 Å². The number of aliphatic hydroxyl groups excluding tert-OH is 1. The molecular weight excluding hydrogens is 613 g/mol. The van der Waals surface area contributed by atoms with Gasteiger partial charge in [0.15, 0.2) is 0 Å². The van der Waals surface area contributed by atoms with Crippen LogP contribution in [0.2, 0.25) is 0 Å². The van der Waals surface area contributed by atoms with Crippen molar-refractivity contribution in [3.8, 4) is 0 Å². The number of rotatable bonds is 25. The monoisotopic (exact) mass is 670 g/mol. The Balaban J connectivity index is 0.932. The molecule has 4 rings (SSSR count). The molecule has 0 heterocycles. The molecular formula is C38H57NO7P+. The third kappa shape index (κ3) is 13.0. The number of hydrogen-bond acceptors (Lipinski definition) is 6. The van der Waals surface area contributed by atoms with E-state index >= 15 is 0 Å². The molecule has 2 N–H and O–H groups in total. The Bertz CT molecular complexity index is 1510. The molecule has 47 heavy (non-hydrogen) atoms. The van der Waals surface area contributed by atoms with Crippen molar-refractivity contribution in [3.63, 3.8) is 0 Å². The first-order valence-corrected chi connectivity index (χ1v) is 19.0. The minimum atomic E-state index is -4.17. The highest BCUT2D eigenvalue weighted by Gasteiger charge is 2.24. The van der Waals surface area contributed by atoms with E-state index in [9.17, 15) is 14.6 Å². The minimum Gasteiger partial charge on any atom is -0.388 e. The molecule has 0 aromatic heterocycles. The van der Waals surface area contributed by atoms with Crippen molar-refractivity contribution >= 4 is 40.1 Å². The van der Waals surface area contributed by atoms with Crippen molar-refractivity contribution in [3.05, 3.63) is 60.2 Å². The first-order valence-electron chi connectivity index (χ1n) is 17.5. The van der Waals surface area contributed by atoms with E-state index in [0.717, 1.165) is 51.7 Å². The van der Waals surface area contributed by atoms with Crippen molar-refractivity contribution in [1.29, 1.82) is 0 Å². The van der Waals surface area contributed by atoms with E-state index in [2.05, 4.69) is 54.6 Å². The van der Waals surface area contributed by atoms with Crippen LogP contribution in [0.4, 0.5) is 0 Å². The Morgan fingerprint density at radius 2 is 1.19 bits per heavy atom. The fraction of sp³-hybridized carbons (Fsp3) is 0.579. The third-order valence-corrected chi connectivity index (χ3v) is 9.67. The number of nitrogens with zero attached hydrogens (tertiary/aromatic N) is 1. The molecule has 8 nitrogen and oxygen atoms in total. The average molecular weight is 671 g/mol. The molecule has 0 saturated heterocycles. The molecule has 0 amide bonds. The lowest BCUT2D eigenvalue weighted by atomic mass is 9.91. The quantitative estimate of drug-likeness (QED) is 0.0317. The van der Waals surface area contributed by atoms with E-state index in [4.69, 9.17) is 18.5 Å². The topological polar surface area (TPSA) is 94.5 Å². The molecule has 0 spiro atoms. The van der Waals surface area contributed by atoms with E-state index in [1.165, 1.54) is 70.0 Å². The molecule has 4 aromatic rings. The zero-order valence-corrected chi connectivity index (χ0v) is 29.7. The van der Waals surface area contributed by atoms with Gasteiger partial charge in [-0.2, -0.15) is 0 Å². The molecule has 0 aliphatic rings. The molecule has 0 bridgehead atoms. The SMILES string of the molecule is C[N+](C)(C)CCOP(=O)(O)OCC(O)COCCCCCCCCCCOCCCCc1ccc2ccc3cccc4ccc1c2c34. The van der Waals surface area contributed by atoms with Crippen LogP contribution in [0.1, 0.15) is 69.8 Å². The number of unbranched alkanes of at least 4 members (excludes halogenated alkanes) is 8. The number of hydrogen-bond donors (Lipinski definition) is 2. The van der Waals surface area contributed by atoms with Gasteiger partial charge in [-0.05, 0) is 70.0 Å². The molecule has 4 aromatic carbocycles. The zero-order chi connectivity index (χ0) is 33.5. The van der Waals surface area contributed by atoms with E-state index in [1.807, 2.05) is 21.1 Å². The average Bonchev–Trinajstić information content (AvgIpc) is 3.04.